The molecular formula is C5H4F6O2. The van der Waals surface area contributed by atoms with E-state index in [1.807, 2.05) is 0 Å². The van der Waals surface area contributed by atoms with E-state index in [0.29, 0.717) is 7.11 Å². The van der Waals surface area contributed by atoms with Crippen LogP contribution in [0.15, 0.2) is 0 Å². The summed E-state index contributed by atoms with van der Waals surface area (Å²) in [5.74, 6) is -7.98. The fourth-order valence-electron chi connectivity index (χ4n) is 0.395. The Morgan fingerprint density at radius 3 is 1.85 bits per heavy atom. The predicted octanol–water partition coefficient (Wildman–Crippen LogP) is 1.70. The van der Waals surface area contributed by atoms with Crippen LogP contribution < -0.4 is 0 Å². The molecule has 1 atom stereocenters. The third-order valence-corrected chi connectivity index (χ3v) is 1.10. The van der Waals surface area contributed by atoms with Crippen molar-refractivity contribution in [3.05, 3.63) is 0 Å². The highest BCUT2D eigenvalue weighted by Gasteiger charge is 2.66. The van der Waals surface area contributed by atoms with E-state index in [1.54, 1.807) is 0 Å². The number of carbonyl (C=O) groups excluding carboxylic acids is 1. The molecule has 0 aromatic rings. The van der Waals surface area contributed by atoms with Crippen LogP contribution in [0.4, 0.5) is 26.3 Å². The Labute approximate surface area is 68.5 Å². The van der Waals surface area contributed by atoms with Crippen LogP contribution >= 0.6 is 0 Å². The Hall–Kier alpha value is -0.950. The summed E-state index contributed by atoms with van der Waals surface area (Å²) in [5.41, 5.74) is 0. The summed E-state index contributed by atoms with van der Waals surface area (Å²) in [7, 11) is 0.501. The fourth-order valence-corrected chi connectivity index (χ4v) is 0.395. The topological polar surface area (TPSA) is 26.3 Å². The molecule has 0 heterocycles. The van der Waals surface area contributed by atoms with Crippen LogP contribution in [-0.4, -0.2) is 31.3 Å². The maximum absolute atomic E-state index is 12.1. The SMILES string of the molecule is COC(=O)C(F)C(F)(F)C(F)(F)F. The first-order chi connectivity index (χ1) is 5.64. The second kappa shape index (κ2) is 3.43. The molecule has 0 aliphatic carbocycles. The minimum absolute atomic E-state index is 0.501. The lowest BCUT2D eigenvalue weighted by Gasteiger charge is -2.21. The molecule has 0 amide bonds. The number of hydrogen-bond acceptors (Lipinski definition) is 2. The molecule has 0 bridgehead atoms. The molecule has 0 aliphatic rings. The van der Waals surface area contributed by atoms with E-state index in [0.717, 1.165) is 0 Å². The largest absolute Gasteiger partial charge is 0.467 e. The van der Waals surface area contributed by atoms with Gasteiger partial charge >= 0.3 is 18.1 Å². The van der Waals surface area contributed by atoms with E-state index >= 15 is 0 Å². The summed E-state index contributed by atoms with van der Waals surface area (Å²) in [6.07, 6.45) is -10.1. The molecule has 0 aromatic heterocycles. The predicted molar refractivity (Wildman–Crippen MR) is 27.9 cm³/mol. The van der Waals surface area contributed by atoms with Crippen LogP contribution in [0.5, 0.6) is 0 Å². The fraction of sp³-hybridized carbons (Fsp3) is 0.800. The first-order valence-corrected chi connectivity index (χ1v) is 2.81. The van der Waals surface area contributed by atoms with Crippen LogP contribution in [0.1, 0.15) is 0 Å². The smallest absolute Gasteiger partial charge is 0.457 e. The van der Waals surface area contributed by atoms with Gasteiger partial charge in [0.05, 0.1) is 7.11 Å². The average Bonchev–Trinajstić information content (AvgIpc) is 1.99. The lowest BCUT2D eigenvalue weighted by molar-refractivity contribution is -0.301. The summed E-state index contributed by atoms with van der Waals surface area (Å²) < 4.78 is 73.6. The van der Waals surface area contributed by atoms with Gasteiger partial charge in [0.25, 0.3) is 6.17 Å². The van der Waals surface area contributed by atoms with Crippen LogP contribution in [-0.2, 0) is 9.53 Å². The first kappa shape index (κ1) is 12.0. The van der Waals surface area contributed by atoms with Gasteiger partial charge in [-0.2, -0.15) is 22.0 Å². The van der Waals surface area contributed by atoms with Crippen molar-refractivity contribution < 1.29 is 35.9 Å². The van der Waals surface area contributed by atoms with Gasteiger partial charge in [-0.3, -0.25) is 0 Å². The van der Waals surface area contributed by atoms with Gasteiger partial charge in [-0.15, -0.1) is 0 Å². The van der Waals surface area contributed by atoms with Crippen molar-refractivity contribution in [3.63, 3.8) is 0 Å². The minimum Gasteiger partial charge on any atom is -0.467 e. The molecule has 13 heavy (non-hydrogen) atoms. The number of alkyl halides is 6. The molecule has 1 unspecified atom stereocenters. The Balaban J connectivity index is 4.74. The molecule has 8 heteroatoms. The lowest BCUT2D eigenvalue weighted by atomic mass is 10.2. The molecule has 0 spiro atoms. The number of methoxy groups -OCH3 is 1. The highest BCUT2D eigenvalue weighted by molar-refractivity contribution is 5.75. The maximum Gasteiger partial charge on any atom is 0.457 e. The number of carbonyl (C=O) groups is 1. The zero-order valence-corrected chi connectivity index (χ0v) is 6.16. The van der Waals surface area contributed by atoms with E-state index in [4.69, 9.17) is 0 Å². The minimum atomic E-state index is -6.11. The van der Waals surface area contributed by atoms with Gasteiger partial charge in [0, 0.05) is 0 Å². The zero-order valence-electron chi connectivity index (χ0n) is 6.16. The van der Waals surface area contributed by atoms with Gasteiger partial charge in [-0.1, -0.05) is 0 Å². The molecule has 78 valence electrons. The first-order valence-electron chi connectivity index (χ1n) is 2.81. The molecule has 0 radical (unpaired) electrons. The molecule has 0 fully saturated rings. The Bertz CT molecular complexity index is 198. The standard InChI is InChI=1S/C5H4F6O2/c1-13-3(12)2(6)4(7,8)5(9,10)11/h2H,1H3. The molecule has 0 aliphatic heterocycles. The summed E-state index contributed by atoms with van der Waals surface area (Å²) in [4.78, 5) is 10.0. The summed E-state index contributed by atoms with van der Waals surface area (Å²) in [6, 6.07) is 0. The number of esters is 1. The van der Waals surface area contributed by atoms with E-state index in [1.165, 1.54) is 0 Å². The number of rotatable bonds is 2. The van der Waals surface area contributed by atoms with Gasteiger partial charge in [-0.05, 0) is 0 Å². The molecule has 0 saturated heterocycles. The molecule has 0 rings (SSSR count). The molecule has 0 aromatic carbocycles. The second-order valence-electron chi connectivity index (χ2n) is 2.01. The second-order valence-corrected chi connectivity index (χ2v) is 2.01. The van der Waals surface area contributed by atoms with E-state index < -0.39 is 24.2 Å². The number of ether oxygens (including phenoxy) is 1. The monoisotopic (exact) mass is 210 g/mol. The van der Waals surface area contributed by atoms with E-state index in [9.17, 15) is 31.1 Å². The van der Waals surface area contributed by atoms with Gasteiger partial charge in [-0.25, -0.2) is 9.18 Å². The van der Waals surface area contributed by atoms with Gasteiger partial charge in [0.15, 0.2) is 0 Å². The normalized spacial score (nSPS) is 15.3. The highest BCUT2D eigenvalue weighted by atomic mass is 19.4. The van der Waals surface area contributed by atoms with Crippen LogP contribution in [0.2, 0.25) is 0 Å². The number of hydrogen-bond donors (Lipinski definition) is 0. The van der Waals surface area contributed by atoms with Crippen molar-refractivity contribution in [2.45, 2.75) is 18.3 Å². The maximum atomic E-state index is 12.1. The van der Waals surface area contributed by atoms with E-state index in [2.05, 4.69) is 4.74 Å². The van der Waals surface area contributed by atoms with Crippen LogP contribution in [0.25, 0.3) is 0 Å². The summed E-state index contributed by atoms with van der Waals surface area (Å²) in [6.45, 7) is 0. The van der Waals surface area contributed by atoms with Crippen molar-refractivity contribution in [3.8, 4) is 0 Å². The summed E-state index contributed by atoms with van der Waals surface area (Å²) >= 11 is 0. The van der Waals surface area contributed by atoms with Gasteiger partial charge < -0.3 is 4.74 Å². The van der Waals surface area contributed by atoms with Crippen molar-refractivity contribution in [1.82, 2.24) is 0 Å². The van der Waals surface area contributed by atoms with Gasteiger partial charge in [0.1, 0.15) is 0 Å². The van der Waals surface area contributed by atoms with Crippen LogP contribution in [0, 0.1) is 0 Å². The third kappa shape index (κ3) is 2.25. The van der Waals surface area contributed by atoms with Crippen molar-refractivity contribution in [1.29, 1.82) is 0 Å². The third-order valence-electron chi connectivity index (χ3n) is 1.10. The molecule has 0 N–H and O–H groups in total. The zero-order chi connectivity index (χ0) is 10.9. The molecule has 2 nitrogen and oxygen atoms in total. The average molecular weight is 210 g/mol. The van der Waals surface area contributed by atoms with E-state index in [-0.39, 0.29) is 0 Å². The van der Waals surface area contributed by atoms with Crippen molar-refractivity contribution in [2.24, 2.45) is 0 Å². The number of halogens is 6. The van der Waals surface area contributed by atoms with Crippen molar-refractivity contribution >= 4 is 5.97 Å². The summed E-state index contributed by atoms with van der Waals surface area (Å²) in [5, 5.41) is 0. The Kier molecular flexibility index (Phi) is 3.18. The quantitative estimate of drug-likeness (QED) is 0.512. The van der Waals surface area contributed by atoms with Crippen LogP contribution in [0.3, 0.4) is 0 Å². The highest BCUT2D eigenvalue weighted by Crippen LogP contribution is 2.39. The lowest BCUT2D eigenvalue weighted by Crippen LogP contribution is -2.48. The van der Waals surface area contributed by atoms with Crippen molar-refractivity contribution in [2.75, 3.05) is 7.11 Å². The molecular weight excluding hydrogens is 206 g/mol. The van der Waals surface area contributed by atoms with Gasteiger partial charge in [0.2, 0.25) is 0 Å². The molecule has 0 saturated carbocycles. The Morgan fingerprint density at radius 2 is 1.62 bits per heavy atom. The Morgan fingerprint density at radius 1 is 1.23 bits per heavy atom.